The average molecular weight is 521 g/mol. The van der Waals surface area contributed by atoms with Crippen LogP contribution in [0.25, 0.3) is 11.3 Å². The second-order valence-electron chi connectivity index (χ2n) is 8.39. The Morgan fingerprint density at radius 2 is 1.47 bits per heavy atom. The van der Waals surface area contributed by atoms with Gasteiger partial charge in [0, 0.05) is 22.3 Å². The second-order valence-corrected chi connectivity index (χ2v) is 9.24. The Labute approximate surface area is 208 Å². The Morgan fingerprint density at radius 1 is 0.944 bits per heavy atom. The molecule has 1 aromatic heterocycles. The highest BCUT2D eigenvalue weighted by Crippen LogP contribution is 2.30. The fraction of sp³-hybridized carbons (Fsp3) is 0.250. The summed E-state index contributed by atoms with van der Waals surface area (Å²) in [5.41, 5.74) is -0.497. The maximum atomic E-state index is 12.6. The first-order valence-corrected chi connectivity index (χ1v) is 11.5. The molecule has 3 aromatic rings. The minimum atomic E-state index is -4.46. The van der Waals surface area contributed by atoms with Crippen molar-refractivity contribution < 1.29 is 32.7 Å². The van der Waals surface area contributed by atoms with Crippen LogP contribution in [0.2, 0.25) is 0 Å². The Bertz CT molecular complexity index is 1260. The first-order chi connectivity index (χ1) is 16.8. The first kappa shape index (κ1) is 26.7. The number of alkyl halides is 3. The van der Waals surface area contributed by atoms with Gasteiger partial charge in [0.2, 0.25) is 0 Å². The van der Waals surface area contributed by atoms with E-state index in [-0.39, 0.29) is 16.6 Å². The number of hydrogen-bond acceptors (Lipinski definition) is 5. The van der Waals surface area contributed by atoms with Gasteiger partial charge in [0.15, 0.2) is 5.01 Å². The van der Waals surface area contributed by atoms with Crippen LogP contribution in [0.4, 0.5) is 29.3 Å². The predicted molar refractivity (Wildman–Crippen MR) is 130 cm³/mol. The molecule has 0 radical (unpaired) electrons. The molecule has 0 spiro atoms. The molecule has 12 heteroatoms. The highest BCUT2D eigenvalue weighted by atomic mass is 32.1. The van der Waals surface area contributed by atoms with Crippen LogP contribution in [-0.4, -0.2) is 33.5 Å². The van der Waals surface area contributed by atoms with E-state index >= 15 is 0 Å². The van der Waals surface area contributed by atoms with Crippen molar-refractivity contribution in [1.82, 2.24) is 10.3 Å². The molecule has 2 aromatic carbocycles. The Morgan fingerprint density at radius 3 is 1.94 bits per heavy atom. The lowest BCUT2D eigenvalue weighted by atomic mass is 9.88. The van der Waals surface area contributed by atoms with Gasteiger partial charge in [-0.05, 0) is 49.2 Å². The highest BCUT2D eigenvalue weighted by Gasteiger charge is 2.39. The molecule has 190 valence electrons. The van der Waals surface area contributed by atoms with Gasteiger partial charge >= 0.3 is 18.2 Å². The number of carbonyl (C=O) groups is 3. The van der Waals surface area contributed by atoms with Crippen molar-refractivity contribution in [2.24, 2.45) is 5.92 Å². The number of urea groups is 1. The van der Waals surface area contributed by atoms with E-state index in [9.17, 15) is 32.7 Å². The number of aromatic nitrogens is 1. The number of carbonyl (C=O) groups excluding carboxylic acids is 2. The molecule has 1 unspecified atom stereocenters. The summed E-state index contributed by atoms with van der Waals surface area (Å²) in [6, 6.07) is 9.95. The molecule has 0 aliphatic carbocycles. The SMILES string of the molecule is CC(C)C(C)(NC(=O)c1nc(-c2ccc(NC(=O)Nc3ccc(C(F)(F)F)cc3)cc2)cs1)C(=O)O. The van der Waals surface area contributed by atoms with E-state index in [1.165, 1.54) is 6.92 Å². The van der Waals surface area contributed by atoms with Gasteiger partial charge in [0.1, 0.15) is 5.54 Å². The van der Waals surface area contributed by atoms with Crippen molar-refractivity contribution in [2.75, 3.05) is 10.6 Å². The van der Waals surface area contributed by atoms with Crippen molar-refractivity contribution in [3.8, 4) is 11.3 Å². The molecule has 0 saturated carbocycles. The summed E-state index contributed by atoms with van der Waals surface area (Å²) in [5, 5.41) is 18.8. The zero-order valence-corrected chi connectivity index (χ0v) is 20.3. The predicted octanol–water partition coefficient (Wildman–Crippen LogP) is 5.70. The molecule has 0 bridgehead atoms. The van der Waals surface area contributed by atoms with E-state index in [4.69, 9.17) is 0 Å². The molecule has 0 fully saturated rings. The lowest BCUT2D eigenvalue weighted by molar-refractivity contribution is -0.145. The molecular weight excluding hydrogens is 497 g/mol. The van der Waals surface area contributed by atoms with Gasteiger partial charge in [0.25, 0.3) is 5.91 Å². The minimum Gasteiger partial charge on any atom is -0.480 e. The third-order valence-electron chi connectivity index (χ3n) is 5.58. The van der Waals surface area contributed by atoms with E-state index in [1.807, 2.05) is 0 Å². The van der Waals surface area contributed by atoms with Crippen LogP contribution in [0.1, 0.15) is 36.1 Å². The van der Waals surface area contributed by atoms with Crippen molar-refractivity contribution in [2.45, 2.75) is 32.5 Å². The van der Waals surface area contributed by atoms with Crippen molar-refractivity contribution in [1.29, 1.82) is 0 Å². The number of amides is 3. The fourth-order valence-electron chi connectivity index (χ4n) is 3.00. The number of anilines is 2. The van der Waals surface area contributed by atoms with Gasteiger partial charge in [-0.3, -0.25) is 4.79 Å². The zero-order chi connectivity index (χ0) is 26.7. The fourth-order valence-corrected chi connectivity index (χ4v) is 3.73. The number of benzene rings is 2. The molecule has 0 aliphatic heterocycles. The van der Waals surface area contributed by atoms with E-state index in [0.717, 1.165) is 35.6 Å². The Hall–Kier alpha value is -3.93. The number of carboxylic acids is 1. The summed E-state index contributed by atoms with van der Waals surface area (Å²) in [4.78, 5) is 40.6. The normalized spacial score (nSPS) is 13.1. The summed E-state index contributed by atoms with van der Waals surface area (Å²) in [5.74, 6) is -2.09. The number of aliphatic carboxylic acids is 1. The summed E-state index contributed by atoms with van der Waals surface area (Å²) in [6.45, 7) is 4.83. The number of hydrogen-bond donors (Lipinski definition) is 4. The van der Waals surface area contributed by atoms with Gasteiger partial charge in [-0.2, -0.15) is 13.2 Å². The molecule has 3 amide bonds. The average Bonchev–Trinajstić information content (AvgIpc) is 3.29. The molecule has 4 N–H and O–H groups in total. The number of nitrogens with one attached hydrogen (secondary N) is 3. The molecule has 0 aliphatic rings. The Kier molecular flexibility index (Phi) is 7.68. The van der Waals surface area contributed by atoms with Gasteiger partial charge in [-0.15, -0.1) is 11.3 Å². The lowest BCUT2D eigenvalue weighted by Gasteiger charge is -2.29. The number of thiazole rings is 1. The van der Waals surface area contributed by atoms with Crippen LogP contribution in [-0.2, 0) is 11.0 Å². The summed E-state index contributed by atoms with van der Waals surface area (Å²) >= 11 is 1.07. The molecule has 1 heterocycles. The molecule has 36 heavy (non-hydrogen) atoms. The van der Waals surface area contributed by atoms with Gasteiger partial charge < -0.3 is 21.1 Å². The summed E-state index contributed by atoms with van der Waals surface area (Å²) in [7, 11) is 0. The van der Waals surface area contributed by atoms with Crippen LogP contribution in [0.3, 0.4) is 0 Å². The minimum absolute atomic E-state index is 0.108. The van der Waals surface area contributed by atoms with E-state index in [1.54, 1.807) is 43.5 Å². The van der Waals surface area contributed by atoms with Crippen molar-refractivity contribution >= 4 is 40.6 Å². The zero-order valence-electron chi connectivity index (χ0n) is 19.4. The summed E-state index contributed by atoms with van der Waals surface area (Å²) < 4.78 is 37.9. The van der Waals surface area contributed by atoms with Gasteiger partial charge in [0.05, 0.1) is 11.3 Å². The van der Waals surface area contributed by atoms with E-state index in [2.05, 4.69) is 20.9 Å². The van der Waals surface area contributed by atoms with Crippen molar-refractivity contribution in [3.63, 3.8) is 0 Å². The summed E-state index contributed by atoms with van der Waals surface area (Å²) in [6.07, 6.45) is -4.46. The number of carboxylic acid groups (broad SMARTS) is 1. The van der Waals surface area contributed by atoms with E-state index in [0.29, 0.717) is 16.9 Å². The van der Waals surface area contributed by atoms with Crippen LogP contribution in [0.15, 0.2) is 53.9 Å². The first-order valence-electron chi connectivity index (χ1n) is 10.7. The smallest absolute Gasteiger partial charge is 0.416 e. The van der Waals surface area contributed by atoms with Crippen LogP contribution in [0, 0.1) is 5.92 Å². The molecule has 8 nitrogen and oxygen atoms in total. The number of halogens is 3. The monoisotopic (exact) mass is 520 g/mol. The topological polar surface area (TPSA) is 120 Å². The number of nitrogens with zero attached hydrogens (tertiary/aromatic N) is 1. The van der Waals surface area contributed by atoms with Crippen LogP contribution < -0.4 is 16.0 Å². The molecule has 0 saturated heterocycles. The molecular formula is C24H23F3N4O4S. The quantitative estimate of drug-likeness (QED) is 0.318. The van der Waals surface area contributed by atoms with Gasteiger partial charge in [-0.25, -0.2) is 14.6 Å². The second kappa shape index (κ2) is 10.4. The maximum Gasteiger partial charge on any atom is 0.416 e. The standard InChI is InChI=1S/C24H23F3N4O4S/c1-13(2)23(3,21(33)34)31-19(32)20-30-18(12-36-20)14-4-8-16(9-5-14)28-22(35)29-17-10-6-15(7-11-17)24(25,26)27/h4-13H,1-3H3,(H,31,32)(H,33,34)(H2,28,29,35). The van der Waals surface area contributed by atoms with Crippen molar-refractivity contribution in [3.05, 3.63) is 64.5 Å². The third-order valence-corrected chi connectivity index (χ3v) is 6.42. The Balaban J connectivity index is 1.62. The largest absolute Gasteiger partial charge is 0.480 e. The molecule has 3 rings (SSSR count). The van der Waals surface area contributed by atoms with E-state index < -0.39 is 35.2 Å². The maximum absolute atomic E-state index is 12.6. The third kappa shape index (κ3) is 6.19. The lowest BCUT2D eigenvalue weighted by Crippen LogP contribution is -2.55. The van der Waals surface area contributed by atoms with Crippen LogP contribution >= 0.6 is 11.3 Å². The van der Waals surface area contributed by atoms with Crippen LogP contribution in [0.5, 0.6) is 0 Å². The van der Waals surface area contributed by atoms with Gasteiger partial charge in [-0.1, -0.05) is 26.0 Å². The number of rotatable bonds is 7. The molecule has 1 atom stereocenters. The highest BCUT2D eigenvalue weighted by molar-refractivity contribution is 7.12.